The Morgan fingerprint density at radius 3 is 2.46 bits per heavy atom. The molecule has 2 aromatic heterocycles. The molecule has 0 radical (unpaired) electrons. The number of nitrogens with two attached hydrogens (primary N) is 1. The molecule has 14 heteroatoms. The van der Waals surface area contributed by atoms with Crippen LogP contribution in [0.15, 0.2) is 11.7 Å². The minimum absolute atomic E-state index is 0. The molecule has 26 heavy (non-hydrogen) atoms. The zero-order valence-electron chi connectivity index (χ0n) is 14.1. The molecule has 0 unspecified atom stereocenters. The van der Waals surface area contributed by atoms with E-state index >= 15 is 0 Å². The Morgan fingerprint density at radius 1 is 1.31 bits per heavy atom. The second-order valence-corrected chi connectivity index (χ2v) is 6.94. The molecule has 0 aliphatic rings. The van der Waals surface area contributed by atoms with Gasteiger partial charge in [-0.25, -0.2) is 14.5 Å². The number of rotatable bonds is 6. The molecular weight excluding hydrogens is 430 g/mol. The predicted molar refractivity (Wildman–Crippen MR) is 103 cm³/mol. The summed E-state index contributed by atoms with van der Waals surface area (Å²) in [6.07, 6.45) is 2.15. The lowest BCUT2D eigenvalue weighted by Gasteiger charge is -2.04. The summed E-state index contributed by atoms with van der Waals surface area (Å²) in [6.45, 7) is 4.24. The molecule has 0 aromatic carbocycles. The first-order valence-electron chi connectivity index (χ1n) is 6.51. The average molecular weight is 454 g/mol. The molecule has 2 heterocycles. The number of anilines is 1. The molecule has 0 bridgehead atoms. The number of hydrogen-bond donors (Lipinski definition) is 3. The fraction of sp³-hybridized carbons (Fsp3) is 0.417. The van der Waals surface area contributed by atoms with Crippen molar-refractivity contribution in [3.8, 4) is 0 Å². The zero-order valence-corrected chi connectivity index (χ0v) is 17.4. The lowest BCUT2D eigenvalue weighted by atomic mass is 10.2. The lowest BCUT2D eigenvalue weighted by molar-refractivity contribution is -0.689. The third-order valence-electron chi connectivity index (χ3n) is 3.10. The Morgan fingerprint density at radius 2 is 1.92 bits per heavy atom. The summed E-state index contributed by atoms with van der Waals surface area (Å²) in [4.78, 5) is 26.6. The van der Waals surface area contributed by atoms with Crippen molar-refractivity contribution in [3.63, 3.8) is 0 Å². The molecule has 152 valence electrons. The summed E-state index contributed by atoms with van der Waals surface area (Å²) in [7, 11) is -4.41. The van der Waals surface area contributed by atoms with Crippen molar-refractivity contribution >= 4 is 49.8 Å². The van der Waals surface area contributed by atoms with Gasteiger partial charge in [-0.1, -0.05) is 11.3 Å². The van der Waals surface area contributed by atoms with Crippen molar-refractivity contribution in [3.05, 3.63) is 33.7 Å². The van der Waals surface area contributed by atoms with Gasteiger partial charge in [-0.2, -0.15) is 4.57 Å². The first-order valence-corrected chi connectivity index (χ1v) is 8.92. The third kappa shape index (κ3) is 8.67. The van der Waals surface area contributed by atoms with Gasteiger partial charge in [0.15, 0.2) is 12.2 Å². The third-order valence-corrected chi connectivity index (χ3v) is 4.77. The summed E-state index contributed by atoms with van der Waals surface area (Å²) < 4.78 is 17.1. The quantitative estimate of drug-likeness (QED) is 0.402. The summed E-state index contributed by atoms with van der Waals surface area (Å²) in [5, 5.41) is 0. The van der Waals surface area contributed by atoms with Gasteiger partial charge in [-0.15, -0.1) is 24.8 Å². The van der Waals surface area contributed by atoms with Crippen molar-refractivity contribution in [2.24, 2.45) is 0 Å². The summed E-state index contributed by atoms with van der Waals surface area (Å²) in [5.74, 6) is 1.08. The SMILES string of the molecule is Cc1ncc(C[n+]2csc(CCOP(=O)(O)O)c2C)c(N)n1.Cl.Cl.O.O. The van der Waals surface area contributed by atoms with Crippen LogP contribution in [0.5, 0.6) is 0 Å². The van der Waals surface area contributed by atoms with E-state index in [9.17, 15) is 4.57 Å². The summed E-state index contributed by atoms with van der Waals surface area (Å²) in [5.41, 5.74) is 9.65. The second kappa shape index (κ2) is 12.5. The number of halogens is 2. The highest BCUT2D eigenvalue weighted by Gasteiger charge is 2.19. The minimum Gasteiger partial charge on any atom is -0.412 e. The smallest absolute Gasteiger partial charge is 0.412 e. The predicted octanol–water partition coefficient (Wildman–Crippen LogP) is -0.0811. The van der Waals surface area contributed by atoms with E-state index in [2.05, 4.69) is 14.5 Å². The first-order chi connectivity index (χ1) is 10.3. The average Bonchev–Trinajstić information content (AvgIpc) is 2.73. The van der Waals surface area contributed by atoms with Gasteiger partial charge in [0.2, 0.25) is 5.51 Å². The van der Waals surface area contributed by atoms with Crippen LogP contribution in [0.4, 0.5) is 5.82 Å². The molecule has 2 rings (SSSR count). The van der Waals surface area contributed by atoms with E-state index in [-0.39, 0.29) is 42.4 Å². The van der Waals surface area contributed by atoms with Gasteiger partial charge in [-0.3, -0.25) is 4.52 Å². The molecular formula is C12H24Cl2N4O6PS+. The Hall–Kier alpha value is -0.880. The molecule has 0 spiro atoms. The number of aryl methyl sites for hydroxylation is 1. The van der Waals surface area contributed by atoms with Crippen LogP contribution in [0, 0.1) is 13.8 Å². The number of hydrogen-bond acceptors (Lipinski definition) is 6. The van der Waals surface area contributed by atoms with Crippen molar-refractivity contribution in [2.45, 2.75) is 26.8 Å². The van der Waals surface area contributed by atoms with E-state index in [0.29, 0.717) is 24.6 Å². The Balaban J connectivity index is -0.00000132. The molecule has 0 atom stereocenters. The van der Waals surface area contributed by atoms with E-state index in [1.165, 1.54) is 11.3 Å². The van der Waals surface area contributed by atoms with Crippen LogP contribution < -0.4 is 10.3 Å². The second-order valence-electron chi connectivity index (χ2n) is 4.76. The topological polar surface area (TPSA) is 185 Å². The molecule has 0 aliphatic heterocycles. The van der Waals surface area contributed by atoms with Crippen LogP contribution >= 0.6 is 44.0 Å². The largest absolute Gasteiger partial charge is 0.469 e. The number of nitrogen functional groups attached to an aromatic ring is 1. The van der Waals surface area contributed by atoms with Crippen molar-refractivity contribution < 1.29 is 34.4 Å². The van der Waals surface area contributed by atoms with Crippen LogP contribution in [-0.4, -0.2) is 37.3 Å². The van der Waals surface area contributed by atoms with Crippen molar-refractivity contribution in [2.75, 3.05) is 12.3 Å². The molecule has 0 saturated carbocycles. The Kier molecular flexibility index (Phi) is 14.4. The zero-order chi connectivity index (χ0) is 16.3. The van der Waals surface area contributed by atoms with Crippen LogP contribution in [0.25, 0.3) is 0 Å². The monoisotopic (exact) mass is 453 g/mol. The van der Waals surface area contributed by atoms with Gasteiger partial charge in [-0.05, 0) is 6.92 Å². The number of thiazole rings is 1. The van der Waals surface area contributed by atoms with E-state index in [1.54, 1.807) is 13.1 Å². The normalized spacial score (nSPS) is 10.0. The molecule has 2 aromatic rings. The van der Waals surface area contributed by atoms with Crippen LogP contribution in [-0.2, 0) is 22.1 Å². The number of phosphoric acid groups is 1. The maximum absolute atomic E-state index is 10.7. The van der Waals surface area contributed by atoms with E-state index < -0.39 is 7.82 Å². The highest BCUT2D eigenvalue weighted by Crippen LogP contribution is 2.35. The lowest BCUT2D eigenvalue weighted by Crippen LogP contribution is -2.35. The molecule has 0 saturated heterocycles. The van der Waals surface area contributed by atoms with Gasteiger partial charge in [0, 0.05) is 19.5 Å². The van der Waals surface area contributed by atoms with Crippen LogP contribution in [0.1, 0.15) is 22.0 Å². The van der Waals surface area contributed by atoms with Gasteiger partial charge in [0.25, 0.3) is 0 Å². The van der Waals surface area contributed by atoms with Gasteiger partial charge in [0.1, 0.15) is 11.6 Å². The number of aromatic nitrogens is 3. The van der Waals surface area contributed by atoms with Gasteiger partial charge in [0.05, 0.1) is 17.0 Å². The van der Waals surface area contributed by atoms with Crippen LogP contribution in [0.2, 0.25) is 0 Å². The van der Waals surface area contributed by atoms with E-state index in [4.69, 9.17) is 15.5 Å². The van der Waals surface area contributed by atoms with Gasteiger partial charge < -0.3 is 26.5 Å². The maximum atomic E-state index is 10.7. The fourth-order valence-corrected chi connectivity index (χ4v) is 3.23. The van der Waals surface area contributed by atoms with Crippen LogP contribution in [0.3, 0.4) is 0 Å². The standard InChI is InChI=1S/C12H17N4O4PS.2ClH.2H2O/c1-8-11(3-4-20-21(17,18)19)22-7-16(8)6-10-5-14-9(2)15-12(10)13;;;;/h5,7H,3-4,6H2,1-2H3,(H3-,13,14,15,17,18,19);2*1H;2*1H2/p+1. The summed E-state index contributed by atoms with van der Waals surface area (Å²) in [6, 6.07) is 0. The minimum atomic E-state index is -4.41. The highest BCUT2D eigenvalue weighted by atomic mass is 35.5. The van der Waals surface area contributed by atoms with Gasteiger partial charge >= 0.3 is 7.82 Å². The van der Waals surface area contributed by atoms with E-state index in [1.807, 2.05) is 17.0 Å². The molecule has 0 fully saturated rings. The maximum Gasteiger partial charge on any atom is 0.469 e. The summed E-state index contributed by atoms with van der Waals surface area (Å²) >= 11 is 1.50. The molecule has 0 amide bonds. The Bertz CT molecular complexity index is 730. The molecule has 8 N–H and O–H groups in total. The molecule has 0 aliphatic carbocycles. The van der Waals surface area contributed by atoms with Crippen molar-refractivity contribution in [1.29, 1.82) is 0 Å². The van der Waals surface area contributed by atoms with Crippen molar-refractivity contribution in [1.82, 2.24) is 9.97 Å². The first kappa shape index (κ1) is 29.9. The van der Waals surface area contributed by atoms with E-state index in [0.717, 1.165) is 16.1 Å². The molecule has 10 nitrogen and oxygen atoms in total. The highest BCUT2D eigenvalue weighted by molar-refractivity contribution is 7.46. The fourth-order valence-electron chi connectivity index (χ4n) is 1.92. The number of nitrogens with zero attached hydrogens (tertiary/aromatic N) is 3. The number of phosphoric ester groups is 1. The Labute approximate surface area is 167 Å².